The molecule has 0 aromatic carbocycles. The van der Waals surface area contributed by atoms with E-state index in [4.69, 9.17) is 4.74 Å². The molecule has 0 aromatic heterocycles. The third kappa shape index (κ3) is 208. The van der Waals surface area contributed by atoms with E-state index in [-0.39, 0.29) is 0 Å². The van der Waals surface area contributed by atoms with E-state index in [0.29, 0.717) is 0 Å². The highest BCUT2D eigenvalue weighted by Gasteiger charge is 1.66. The Morgan fingerprint density at radius 2 is 1.08 bits per heavy atom. The lowest BCUT2D eigenvalue weighted by molar-refractivity contribution is 0.199. The molecule has 0 aliphatic carbocycles. The van der Waals surface area contributed by atoms with Gasteiger partial charge in [0.25, 0.3) is 0 Å². The predicted octanol–water partition coefficient (Wildman–Crippen LogP) is 4.51. The fourth-order valence-electron chi connectivity index (χ4n) is 0.204. The number of hydrogen-bond donors (Lipinski definition) is 0. The average Bonchev–Trinajstić information content (AvgIpc) is 2.14. The van der Waals surface area contributed by atoms with E-state index in [9.17, 15) is 0 Å². The van der Waals surface area contributed by atoms with Gasteiger partial charge in [-0.1, -0.05) is 54.9 Å². The van der Waals surface area contributed by atoms with Crippen molar-refractivity contribution in [2.45, 2.75) is 61.3 Å². The largest absolute Gasteiger partial charge is 0.385 e. The highest BCUT2D eigenvalue weighted by atomic mass is 16.5. The van der Waals surface area contributed by atoms with Crippen LogP contribution in [0.1, 0.15) is 61.3 Å². The summed E-state index contributed by atoms with van der Waals surface area (Å²) in [4.78, 5) is 0. The van der Waals surface area contributed by atoms with Gasteiger partial charge in [-0.05, 0) is 6.42 Å². The summed E-state index contributed by atoms with van der Waals surface area (Å²) in [6.45, 7) is 15.2. The molecular formula is C11H30O. The van der Waals surface area contributed by atoms with Crippen molar-refractivity contribution in [3.05, 3.63) is 0 Å². The van der Waals surface area contributed by atoms with Gasteiger partial charge in [0.15, 0.2) is 0 Å². The van der Waals surface area contributed by atoms with Crippen LogP contribution < -0.4 is 0 Å². The Hall–Kier alpha value is -0.0400. The third-order valence-electron chi connectivity index (χ3n) is 0.408. The van der Waals surface area contributed by atoms with Crippen molar-refractivity contribution in [2.24, 2.45) is 0 Å². The molecule has 80 valence electrons. The number of ether oxygens (including phenoxy) is 1. The van der Waals surface area contributed by atoms with E-state index >= 15 is 0 Å². The molecule has 0 atom stereocenters. The van der Waals surface area contributed by atoms with Crippen molar-refractivity contribution in [1.29, 1.82) is 0 Å². The Morgan fingerprint density at radius 1 is 0.833 bits per heavy atom. The lowest BCUT2D eigenvalue weighted by atomic mass is 10.5. The average molecular weight is 178 g/mol. The normalized spacial score (nSPS) is 6.00. The molecule has 0 saturated carbocycles. The van der Waals surface area contributed by atoms with E-state index in [1.807, 2.05) is 27.7 Å². The highest BCUT2D eigenvalue weighted by molar-refractivity contribution is 4.15. The molecule has 0 saturated heterocycles. The smallest absolute Gasteiger partial charge is 0.0459 e. The molecule has 0 amide bonds. The fourth-order valence-corrected chi connectivity index (χ4v) is 0.204. The molecule has 0 aliphatic rings. The van der Waals surface area contributed by atoms with Crippen LogP contribution in [0, 0.1) is 0 Å². The zero-order valence-corrected chi connectivity index (χ0v) is 10.5. The minimum atomic E-state index is 0.889. The van der Waals surface area contributed by atoms with Crippen LogP contribution in [0.15, 0.2) is 0 Å². The van der Waals surface area contributed by atoms with Crippen LogP contribution in [0.5, 0.6) is 0 Å². The van der Waals surface area contributed by atoms with Crippen LogP contribution in [0.4, 0.5) is 0 Å². The second-order valence-corrected chi connectivity index (χ2v) is 1.70. The van der Waals surface area contributed by atoms with Gasteiger partial charge >= 0.3 is 0 Å². The van der Waals surface area contributed by atoms with E-state index in [1.54, 1.807) is 7.11 Å². The van der Waals surface area contributed by atoms with Crippen LogP contribution in [-0.2, 0) is 4.74 Å². The number of hydrogen-bond acceptors (Lipinski definition) is 1. The van der Waals surface area contributed by atoms with Gasteiger partial charge in [0, 0.05) is 13.7 Å². The van der Waals surface area contributed by atoms with Crippen LogP contribution in [0.25, 0.3) is 0 Å². The molecule has 0 rings (SSSR count). The summed E-state index contributed by atoms with van der Waals surface area (Å²) < 4.78 is 4.69. The third-order valence-corrected chi connectivity index (χ3v) is 0.408. The Balaban J connectivity index is -0.0000000397. The van der Waals surface area contributed by atoms with Crippen molar-refractivity contribution in [3.63, 3.8) is 0 Å². The maximum Gasteiger partial charge on any atom is 0.0459 e. The summed E-state index contributed by atoms with van der Waals surface area (Å²) in [5.74, 6) is 0. The maximum atomic E-state index is 4.69. The van der Waals surface area contributed by atoms with Crippen LogP contribution in [0.2, 0.25) is 0 Å². The number of rotatable bonds is 2. The molecule has 1 heteroatoms. The van der Waals surface area contributed by atoms with E-state index < -0.39 is 0 Å². The molecule has 0 aliphatic heterocycles. The Morgan fingerprint density at radius 3 is 1.08 bits per heavy atom. The lowest BCUT2D eigenvalue weighted by Crippen LogP contribution is -1.80. The molecule has 0 heterocycles. The first-order chi connectivity index (χ1) is 5.83. The maximum absolute atomic E-state index is 4.69. The summed E-state index contributed by atoms with van der Waals surface area (Å²) in [7, 11) is 1.71. The first-order valence-electron chi connectivity index (χ1n) is 5.32. The van der Waals surface area contributed by atoms with Crippen molar-refractivity contribution < 1.29 is 4.74 Å². The molecule has 0 N–H and O–H groups in total. The van der Waals surface area contributed by atoms with Crippen LogP contribution in [0.3, 0.4) is 0 Å². The first-order valence-corrected chi connectivity index (χ1v) is 5.32. The zero-order valence-electron chi connectivity index (χ0n) is 10.5. The summed E-state index contributed by atoms with van der Waals surface area (Å²) in [6, 6.07) is 0. The Kier molecular flexibility index (Phi) is 131. The van der Waals surface area contributed by atoms with Gasteiger partial charge in [0.2, 0.25) is 0 Å². The molecule has 12 heavy (non-hydrogen) atoms. The molecule has 0 spiro atoms. The Bertz CT molecular complexity index is 19.0. The zero-order chi connectivity index (χ0) is 10.8. The van der Waals surface area contributed by atoms with Gasteiger partial charge in [-0.15, -0.1) is 0 Å². The Labute approximate surface area is 80.5 Å². The van der Waals surface area contributed by atoms with Gasteiger partial charge in [-0.2, -0.15) is 0 Å². The van der Waals surface area contributed by atoms with Gasteiger partial charge < -0.3 is 4.74 Å². The van der Waals surface area contributed by atoms with Crippen LogP contribution >= 0.6 is 0 Å². The minimum absolute atomic E-state index is 0.889. The molecular weight excluding hydrogens is 148 g/mol. The van der Waals surface area contributed by atoms with Gasteiger partial charge in [0.1, 0.15) is 0 Å². The second kappa shape index (κ2) is 69.3. The monoisotopic (exact) mass is 178 g/mol. The quantitative estimate of drug-likeness (QED) is 0.604. The summed E-state index contributed by atoms with van der Waals surface area (Å²) in [6.07, 6.45) is 2.37. The van der Waals surface area contributed by atoms with Crippen molar-refractivity contribution in [1.82, 2.24) is 0 Å². The van der Waals surface area contributed by atoms with E-state index in [0.717, 1.165) is 13.0 Å². The standard InChI is InChI=1S/C4H10O.C3H8.2C2H6/c1-3-4-5-2;1-3-2;2*1-2/h3-4H2,1-2H3;3H2,1-2H3;2*1-2H3. The second-order valence-electron chi connectivity index (χ2n) is 1.70. The molecule has 0 radical (unpaired) electrons. The van der Waals surface area contributed by atoms with Crippen molar-refractivity contribution in [3.8, 4) is 0 Å². The summed E-state index contributed by atoms with van der Waals surface area (Å²) in [5, 5.41) is 0. The SMILES string of the molecule is CC.CC.CCC.CCCOC. The highest BCUT2D eigenvalue weighted by Crippen LogP contribution is 1.70. The fraction of sp³-hybridized carbons (Fsp3) is 1.00. The molecule has 1 nitrogen and oxygen atoms in total. The topological polar surface area (TPSA) is 9.23 Å². The molecule has 0 bridgehead atoms. The summed E-state index contributed by atoms with van der Waals surface area (Å²) in [5.41, 5.74) is 0. The first kappa shape index (κ1) is 22.7. The molecule has 0 unspecified atom stereocenters. The van der Waals surface area contributed by atoms with Gasteiger partial charge in [-0.25, -0.2) is 0 Å². The molecule has 0 aromatic rings. The van der Waals surface area contributed by atoms with Crippen molar-refractivity contribution in [2.75, 3.05) is 13.7 Å². The summed E-state index contributed by atoms with van der Waals surface area (Å²) >= 11 is 0. The van der Waals surface area contributed by atoms with Crippen molar-refractivity contribution >= 4 is 0 Å². The van der Waals surface area contributed by atoms with E-state index in [2.05, 4.69) is 20.8 Å². The number of methoxy groups -OCH3 is 1. The molecule has 0 fully saturated rings. The lowest BCUT2D eigenvalue weighted by Gasteiger charge is -1.84. The van der Waals surface area contributed by atoms with E-state index in [1.165, 1.54) is 6.42 Å². The van der Waals surface area contributed by atoms with Crippen LogP contribution in [-0.4, -0.2) is 13.7 Å². The van der Waals surface area contributed by atoms with Gasteiger partial charge in [-0.3, -0.25) is 0 Å². The predicted molar refractivity (Wildman–Crippen MR) is 60.8 cm³/mol. The minimum Gasteiger partial charge on any atom is -0.385 e. The van der Waals surface area contributed by atoms with Gasteiger partial charge in [0.05, 0.1) is 0 Å².